The Balaban J connectivity index is 1.71. The molecule has 134 valence electrons. The summed E-state index contributed by atoms with van der Waals surface area (Å²) in [6, 6.07) is 16.7. The Morgan fingerprint density at radius 1 is 1.19 bits per heavy atom. The van der Waals surface area contributed by atoms with Gasteiger partial charge in [-0.15, -0.1) is 0 Å². The van der Waals surface area contributed by atoms with Crippen LogP contribution in [0.3, 0.4) is 0 Å². The second-order valence-electron chi connectivity index (χ2n) is 5.25. The van der Waals surface area contributed by atoms with Gasteiger partial charge in [-0.25, -0.2) is 4.98 Å². The normalized spacial score (nSPS) is 10.5. The molecule has 0 atom stereocenters. The Hall–Kier alpha value is -2.02. The van der Waals surface area contributed by atoms with E-state index in [1.54, 1.807) is 36.0 Å². The Morgan fingerprint density at radius 2 is 1.92 bits per heavy atom. The molecule has 3 aromatic rings. The van der Waals surface area contributed by atoms with Gasteiger partial charge in [0.1, 0.15) is 16.4 Å². The van der Waals surface area contributed by atoms with Gasteiger partial charge in [0.25, 0.3) is 5.91 Å². The molecule has 1 amide bonds. The van der Waals surface area contributed by atoms with E-state index in [1.165, 1.54) is 11.3 Å². The number of thioether (sulfide) groups is 1. The molecule has 1 N–H and O–H groups in total. The lowest BCUT2D eigenvalue weighted by atomic mass is 10.2. The average Bonchev–Trinajstić information content (AvgIpc) is 3.04. The van der Waals surface area contributed by atoms with Crippen LogP contribution in [0.15, 0.2) is 58.9 Å². The van der Waals surface area contributed by atoms with Gasteiger partial charge in [-0.05, 0) is 30.0 Å². The van der Waals surface area contributed by atoms with Crippen molar-refractivity contribution in [2.24, 2.45) is 0 Å². The van der Waals surface area contributed by atoms with E-state index >= 15 is 0 Å². The molecular weight excluding hydrogens is 388 g/mol. The summed E-state index contributed by atoms with van der Waals surface area (Å²) in [5, 5.41) is 4.28. The van der Waals surface area contributed by atoms with Crippen LogP contribution in [0.25, 0.3) is 11.3 Å². The third kappa shape index (κ3) is 5.00. The minimum Gasteiger partial charge on any atom is -0.484 e. The molecule has 0 radical (unpaired) electrons. The van der Waals surface area contributed by atoms with Gasteiger partial charge in [-0.1, -0.05) is 72.0 Å². The van der Waals surface area contributed by atoms with Gasteiger partial charge in [0, 0.05) is 10.6 Å². The number of aromatic nitrogens is 1. The summed E-state index contributed by atoms with van der Waals surface area (Å²) in [5.41, 5.74) is 1.76. The number of carbonyl (C=O) groups excluding carboxylic acids is 1. The average molecular weight is 405 g/mol. The molecule has 0 fully saturated rings. The number of rotatable bonds is 7. The number of hydrogen-bond donors (Lipinski definition) is 1. The van der Waals surface area contributed by atoms with Crippen LogP contribution >= 0.6 is 34.7 Å². The number of hydrogen-bond acceptors (Lipinski definition) is 5. The molecule has 4 nitrogen and oxygen atoms in total. The van der Waals surface area contributed by atoms with Crippen LogP contribution in [0.1, 0.15) is 6.92 Å². The Bertz CT molecular complexity index is 867. The highest BCUT2D eigenvalue weighted by Crippen LogP contribution is 2.37. The van der Waals surface area contributed by atoms with Crippen molar-refractivity contribution in [3.63, 3.8) is 0 Å². The standard InChI is InChI=1S/C19H17ClN2O2S2/c1-2-25-19-22-17(13-6-4-3-5-7-13)18(26-19)21-16(23)12-24-15-10-8-14(20)9-11-15/h3-11H,2,12H2,1H3,(H,21,23). The summed E-state index contributed by atoms with van der Waals surface area (Å²) in [5.74, 6) is 1.29. The van der Waals surface area contributed by atoms with Gasteiger partial charge in [0.05, 0.1) is 0 Å². The quantitative estimate of drug-likeness (QED) is 0.521. The van der Waals surface area contributed by atoms with Crippen LogP contribution < -0.4 is 10.1 Å². The minimum absolute atomic E-state index is 0.0793. The van der Waals surface area contributed by atoms with Crippen LogP contribution in [0.5, 0.6) is 5.75 Å². The molecule has 1 aromatic heterocycles. The van der Waals surface area contributed by atoms with Crippen LogP contribution in [-0.2, 0) is 4.79 Å². The molecule has 0 aliphatic rings. The van der Waals surface area contributed by atoms with Gasteiger partial charge < -0.3 is 10.1 Å². The number of nitrogens with zero attached hydrogens (tertiary/aromatic N) is 1. The zero-order chi connectivity index (χ0) is 18.4. The molecule has 3 rings (SSSR count). The molecule has 7 heteroatoms. The Morgan fingerprint density at radius 3 is 2.62 bits per heavy atom. The minimum atomic E-state index is -0.228. The maximum Gasteiger partial charge on any atom is 0.262 e. The summed E-state index contributed by atoms with van der Waals surface area (Å²) in [7, 11) is 0. The maximum absolute atomic E-state index is 12.3. The second kappa shape index (κ2) is 9.07. The molecular formula is C19H17ClN2O2S2. The number of amides is 1. The molecule has 0 saturated carbocycles. The van der Waals surface area contributed by atoms with Gasteiger partial charge >= 0.3 is 0 Å². The van der Waals surface area contributed by atoms with E-state index in [4.69, 9.17) is 16.3 Å². The molecule has 0 aliphatic carbocycles. The first kappa shape index (κ1) is 18.8. The Kier molecular flexibility index (Phi) is 6.55. The molecule has 0 aliphatic heterocycles. The fourth-order valence-electron chi connectivity index (χ4n) is 2.20. The first-order valence-electron chi connectivity index (χ1n) is 8.03. The van der Waals surface area contributed by atoms with Crippen LogP contribution in [0, 0.1) is 0 Å². The number of carbonyl (C=O) groups is 1. The highest BCUT2D eigenvalue weighted by atomic mass is 35.5. The predicted octanol–water partition coefficient (Wildman–Crippen LogP) is 5.59. The van der Waals surface area contributed by atoms with Crippen molar-refractivity contribution in [1.82, 2.24) is 4.98 Å². The molecule has 0 saturated heterocycles. The van der Waals surface area contributed by atoms with Crippen molar-refractivity contribution < 1.29 is 9.53 Å². The van der Waals surface area contributed by atoms with Crippen molar-refractivity contribution in [1.29, 1.82) is 0 Å². The van der Waals surface area contributed by atoms with E-state index < -0.39 is 0 Å². The number of halogens is 1. The van der Waals surface area contributed by atoms with E-state index in [9.17, 15) is 4.79 Å². The molecule has 26 heavy (non-hydrogen) atoms. The molecule has 0 bridgehead atoms. The molecule has 2 aromatic carbocycles. The second-order valence-corrected chi connectivity index (χ2v) is 8.19. The van der Waals surface area contributed by atoms with E-state index in [-0.39, 0.29) is 12.5 Å². The monoisotopic (exact) mass is 404 g/mol. The third-order valence-electron chi connectivity index (χ3n) is 3.36. The van der Waals surface area contributed by atoms with E-state index in [0.717, 1.165) is 26.4 Å². The fourth-order valence-corrected chi connectivity index (χ4v) is 4.31. The number of nitrogens with one attached hydrogen (secondary N) is 1. The lowest BCUT2D eigenvalue weighted by molar-refractivity contribution is -0.118. The summed E-state index contributed by atoms with van der Waals surface area (Å²) in [4.78, 5) is 17.0. The van der Waals surface area contributed by atoms with E-state index in [1.807, 2.05) is 30.3 Å². The summed E-state index contributed by atoms with van der Waals surface area (Å²) >= 11 is 8.98. The summed E-state index contributed by atoms with van der Waals surface area (Å²) < 4.78 is 6.43. The molecule has 0 unspecified atom stereocenters. The zero-order valence-electron chi connectivity index (χ0n) is 14.1. The van der Waals surface area contributed by atoms with Crippen molar-refractivity contribution >= 4 is 45.6 Å². The SMILES string of the molecule is CCSc1nc(-c2ccccc2)c(NC(=O)COc2ccc(Cl)cc2)s1. The zero-order valence-corrected chi connectivity index (χ0v) is 16.5. The highest BCUT2D eigenvalue weighted by molar-refractivity contribution is 8.01. The maximum atomic E-state index is 12.3. The Labute approximate surface area is 165 Å². The van der Waals surface area contributed by atoms with Gasteiger partial charge in [0.2, 0.25) is 0 Å². The number of benzene rings is 2. The lowest BCUT2D eigenvalue weighted by Gasteiger charge is -2.07. The number of ether oxygens (including phenoxy) is 1. The molecule has 0 spiro atoms. The smallest absolute Gasteiger partial charge is 0.262 e. The van der Waals surface area contributed by atoms with Crippen LogP contribution in [0.2, 0.25) is 5.02 Å². The van der Waals surface area contributed by atoms with Crippen LogP contribution in [-0.4, -0.2) is 23.3 Å². The van der Waals surface area contributed by atoms with Crippen LogP contribution in [0.4, 0.5) is 5.00 Å². The fraction of sp³-hybridized carbons (Fsp3) is 0.158. The highest BCUT2D eigenvalue weighted by Gasteiger charge is 2.16. The first-order valence-corrected chi connectivity index (χ1v) is 10.2. The predicted molar refractivity (Wildman–Crippen MR) is 110 cm³/mol. The van der Waals surface area contributed by atoms with Crippen molar-refractivity contribution in [2.75, 3.05) is 17.7 Å². The van der Waals surface area contributed by atoms with E-state index in [0.29, 0.717) is 10.8 Å². The molecule has 1 heterocycles. The summed E-state index contributed by atoms with van der Waals surface area (Å²) in [6.45, 7) is 2.00. The van der Waals surface area contributed by atoms with Crippen molar-refractivity contribution in [2.45, 2.75) is 11.3 Å². The van der Waals surface area contributed by atoms with Gasteiger partial charge in [-0.2, -0.15) is 0 Å². The van der Waals surface area contributed by atoms with Gasteiger partial charge in [0.15, 0.2) is 10.9 Å². The topological polar surface area (TPSA) is 51.2 Å². The number of thiazole rings is 1. The van der Waals surface area contributed by atoms with Crippen molar-refractivity contribution in [3.8, 4) is 17.0 Å². The van der Waals surface area contributed by atoms with E-state index in [2.05, 4.69) is 17.2 Å². The van der Waals surface area contributed by atoms with Crippen molar-refractivity contribution in [3.05, 3.63) is 59.6 Å². The first-order chi connectivity index (χ1) is 12.7. The third-order valence-corrected chi connectivity index (χ3v) is 5.61. The largest absolute Gasteiger partial charge is 0.484 e. The lowest BCUT2D eigenvalue weighted by Crippen LogP contribution is -2.19. The number of anilines is 1. The summed E-state index contributed by atoms with van der Waals surface area (Å²) in [6.07, 6.45) is 0. The van der Waals surface area contributed by atoms with Gasteiger partial charge in [-0.3, -0.25) is 4.79 Å².